The summed E-state index contributed by atoms with van der Waals surface area (Å²) in [5.41, 5.74) is 5.68. The van der Waals surface area contributed by atoms with E-state index >= 15 is 0 Å². The van der Waals surface area contributed by atoms with Gasteiger partial charge in [0.15, 0.2) is 0 Å². The summed E-state index contributed by atoms with van der Waals surface area (Å²) >= 11 is 0. The quantitative estimate of drug-likeness (QED) is 0.329. The van der Waals surface area contributed by atoms with Crippen LogP contribution in [0.15, 0.2) is 5.16 Å². The Balaban J connectivity index is 2.45. The highest BCUT2D eigenvalue weighted by Gasteiger charge is 2.30. The number of hydrogen-bond acceptors (Lipinski definition) is 3. The first-order valence-corrected chi connectivity index (χ1v) is 5.75. The Hall–Kier alpha value is -1.26. The van der Waals surface area contributed by atoms with Gasteiger partial charge in [-0.3, -0.25) is 4.79 Å². The fraction of sp³-hybridized carbons (Fsp3) is 0.818. The fourth-order valence-corrected chi connectivity index (χ4v) is 1.95. The van der Waals surface area contributed by atoms with Crippen LogP contribution < -0.4 is 5.73 Å². The van der Waals surface area contributed by atoms with Crippen LogP contribution in [-0.2, 0) is 4.79 Å². The summed E-state index contributed by atoms with van der Waals surface area (Å²) in [5.74, 6) is -0.0673. The van der Waals surface area contributed by atoms with E-state index < -0.39 is 0 Å². The predicted octanol–water partition coefficient (Wildman–Crippen LogP) is 1.16. The molecule has 0 bridgehead atoms. The number of rotatable bonds is 3. The van der Waals surface area contributed by atoms with Crippen LogP contribution in [0.3, 0.4) is 0 Å². The molecule has 0 unspecified atom stereocenters. The largest absolute Gasteiger partial charge is 0.409 e. The molecule has 1 amide bonds. The molecule has 0 aromatic rings. The molecule has 1 aliphatic heterocycles. The average molecular weight is 227 g/mol. The number of piperidine rings is 1. The summed E-state index contributed by atoms with van der Waals surface area (Å²) in [4.78, 5) is 13.5. The number of amidine groups is 1. The zero-order valence-electron chi connectivity index (χ0n) is 10.1. The minimum atomic E-state index is -0.0477. The Bertz CT molecular complexity index is 281. The van der Waals surface area contributed by atoms with Crippen molar-refractivity contribution in [1.29, 1.82) is 0 Å². The molecule has 92 valence electrons. The third-order valence-corrected chi connectivity index (χ3v) is 3.64. The lowest BCUT2D eigenvalue weighted by atomic mass is 9.78. The van der Waals surface area contributed by atoms with Crippen LogP contribution in [0.2, 0.25) is 0 Å². The average Bonchev–Trinajstić information content (AvgIpc) is 2.29. The lowest BCUT2D eigenvalue weighted by Crippen LogP contribution is -2.43. The van der Waals surface area contributed by atoms with E-state index in [0.29, 0.717) is 5.41 Å². The van der Waals surface area contributed by atoms with Crippen molar-refractivity contribution in [3.05, 3.63) is 0 Å². The zero-order valence-corrected chi connectivity index (χ0v) is 10.1. The first-order chi connectivity index (χ1) is 7.50. The van der Waals surface area contributed by atoms with Gasteiger partial charge in [-0.15, -0.1) is 0 Å². The van der Waals surface area contributed by atoms with Crippen molar-refractivity contribution >= 4 is 11.7 Å². The van der Waals surface area contributed by atoms with Gasteiger partial charge in [0.25, 0.3) is 0 Å². The third-order valence-electron chi connectivity index (χ3n) is 3.64. The van der Waals surface area contributed by atoms with Gasteiger partial charge in [-0.2, -0.15) is 0 Å². The van der Waals surface area contributed by atoms with E-state index in [0.717, 1.165) is 32.4 Å². The van der Waals surface area contributed by atoms with E-state index in [9.17, 15) is 4.79 Å². The summed E-state index contributed by atoms with van der Waals surface area (Å²) in [6.45, 7) is 6.01. The van der Waals surface area contributed by atoms with Crippen LogP contribution in [0.1, 0.15) is 39.5 Å². The highest BCUT2D eigenvalue weighted by molar-refractivity contribution is 5.98. The van der Waals surface area contributed by atoms with Crippen LogP contribution in [-0.4, -0.2) is 34.9 Å². The number of oxime groups is 1. The van der Waals surface area contributed by atoms with Crippen molar-refractivity contribution in [2.45, 2.75) is 39.5 Å². The second kappa shape index (κ2) is 5.18. The van der Waals surface area contributed by atoms with Gasteiger partial charge >= 0.3 is 0 Å². The molecule has 0 atom stereocenters. The Kier molecular flexibility index (Phi) is 4.15. The first kappa shape index (κ1) is 12.8. The molecule has 1 heterocycles. The van der Waals surface area contributed by atoms with Gasteiger partial charge in [0, 0.05) is 13.1 Å². The molecular formula is C11H21N3O2. The molecule has 1 rings (SSSR count). The van der Waals surface area contributed by atoms with Gasteiger partial charge in [-0.05, 0) is 18.3 Å². The van der Waals surface area contributed by atoms with Crippen molar-refractivity contribution in [2.24, 2.45) is 16.3 Å². The van der Waals surface area contributed by atoms with Gasteiger partial charge in [-0.1, -0.05) is 25.4 Å². The van der Waals surface area contributed by atoms with Crippen molar-refractivity contribution in [2.75, 3.05) is 13.1 Å². The number of likely N-dealkylation sites (tertiary alicyclic amines) is 1. The van der Waals surface area contributed by atoms with Gasteiger partial charge in [0.1, 0.15) is 5.84 Å². The van der Waals surface area contributed by atoms with Crippen molar-refractivity contribution in [1.82, 2.24) is 4.90 Å². The van der Waals surface area contributed by atoms with Crippen LogP contribution in [0, 0.1) is 5.41 Å². The van der Waals surface area contributed by atoms with Gasteiger partial charge in [-0.25, -0.2) is 0 Å². The zero-order chi connectivity index (χ0) is 12.2. The van der Waals surface area contributed by atoms with E-state index in [1.807, 2.05) is 0 Å². The SMILES string of the molecule is CCC1(C)CCN(C(=O)CC(N)=NO)CC1. The minimum Gasteiger partial charge on any atom is -0.409 e. The Morgan fingerprint density at radius 2 is 2.06 bits per heavy atom. The van der Waals surface area contributed by atoms with E-state index in [4.69, 9.17) is 10.9 Å². The van der Waals surface area contributed by atoms with Crippen LogP contribution >= 0.6 is 0 Å². The minimum absolute atomic E-state index is 0.0132. The van der Waals surface area contributed by atoms with Crippen molar-refractivity contribution in [3.8, 4) is 0 Å². The molecular weight excluding hydrogens is 206 g/mol. The maximum Gasteiger partial charge on any atom is 0.230 e. The molecule has 0 saturated carbocycles. The van der Waals surface area contributed by atoms with Gasteiger partial charge in [0.05, 0.1) is 6.42 Å². The highest BCUT2D eigenvalue weighted by Crippen LogP contribution is 2.33. The normalized spacial score (nSPS) is 20.9. The predicted molar refractivity (Wildman–Crippen MR) is 62.2 cm³/mol. The van der Waals surface area contributed by atoms with Crippen LogP contribution in [0.4, 0.5) is 0 Å². The molecule has 1 fully saturated rings. The number of hydrogen-bond donors (Lipinski definition) is 2. The smallest absolute Gasteiger partial charge is 0.230 e. The summed E-state index contributed by atoms with van der Waals surface area (Å²) in [7, 11) is 0. The monoisotopic (exact) mass is 227 g/mol. The van der Waals surface area contributed by atoms with E-state index in [1.165, 1.54) is 0 Å². The molecule has 1 saturated heterocycles. The second-order valence-corrected chi connectivity index (χ2v) is 4.81. The number of carbonyl (C=O) groups is 1. The summed E-state index contributed by atoms with van der Waals surface area (Å²) in [6.07, 6.45) is 3.23. The molecule has 0 aromatic carbocycles. The molecule has 5 nitrogen and oxygen atoms in total. The lowest BCUT2D eigenvalue weighted by molar-refractivity contribution is -0.132. The Labute approximate surface area is 96.3 Å². The molecule has 3 N–H and O–H groups in total. The Morgan fingerprint density at radius 1 is 1.50 bits per heavy atom. The molecule has 16 heavy (non-hydrogen) atoms. The van der Waals surface area contributed by atoms with Crippen molar-refractivity contribution in [3.63, 3.8) is 0 Å². The topological polar surface area (TPSA) is 78.9 Å². The number of nitrogens with zero attached hydrogens (tertiary/aromatic N) is 2. The third kappa shape index (κ3) is 3.12. The van der Waals surface area contributed by atoms with E-state index in [1.54, 1.807) is 4.90 Å². The van der Waals surface area contributed by atoms with Gasteiger partial charge < -0.3 is 15.8 Å². The molecule has 0 spiro atoms. The second-order valence-electron chi connectivity index (χ2n) is 4.81. The summed E-state index contributed by atoms with van der Waals surface area (Å²) in [6, 6.07) is 0. The summed E-state index contributed by atoms with van der Waals surface area (Å²) < 4.78 is 0. The first-order valence-electron chi connectivity index (χ1n) is 5.75. The molecule has 5 heteroatoms. The molecule has 1 aliphatic rings. The highest BCUT2D eigenvalue weighted by atomic mass is 16.4. The molecule has 0 aliphatic carbocycles. The molecule has 0 aromatic heterocycles. The lowest BCUT2D eigenvalue weighted by Gasteiger charge is -2.38. The van der Waals surface area contributed by atoms with E-state index in [2.05, 4.69) is 19.0 Å². The Morgan fingerprint density at radius 3 is 2.50 bits per heavy atom. The standard InChI is InChI=1S/C11H21N3O2/c1-3-11(2)4-6-14(7-5-11)10(15)8-9(12)13-16/h16H,3-8H2,1-2H3,(H2,12,13). The number of carbonyl (C=O) groups excluding carboxylic acids is 1. The van der Waals surface area contributed by atoms with Crippen LogP contribution in [0.5, 0.6) is 0 Å². The fourth-order valence-electron chi connectivity index (χ4n) is 1.95. The molecule has 0 radical (unpaired) electrons. The number of nitrogens with two attached hydrogens (primary N) is 1. The van der Waals surface area contributed by atoms with Crippen LogP contribution in [0.25, 0.3) is 0 Å². The maximum atomic E-state index is 11.7. The number of amides is 1. The van der Waals surface area contributed by atoms with E-state index in [-0.39, 0.29) is 18.2 Å². The van der Waals surface area contributed by atoms with Gasteiger partial charge in [0.2, 0.25) is 5.91 Å². The summed E-state index contributed by atoms with van der Waals surface area (Å²) in [5, 5.41) is 11.2. The maximum absolute atomic E-state index is 11.7. The van der Waals surface area contributed by atoms with Crippen molar-refractivity contribution < 1.29 is 10.0 Å².